The molecule has 1 saturated heterocycles. The lowest BCUT2D eigenvalue weighted by molar-refractivity contribution is -0.144. The zero-order valence-corrected chi connectivity index (χ0v) is 11.9. The Hall–Kier alpha value is -0.610. The zero-order chi connectivity index (χ0) is 13.4. The summed E-state index contributed by atoms with van der Waals surface area (Å²) in [5, 5.41) is 0. The van der Waals surface area contributed by atoms with Crippen molar-refractivity contribution in [1.29, 1.82) is 0 Å². The van der Waals surface area contributed by atoms with Crippen molar-refractivity contribution in [2.45, 2.75) is 64.5 Å². The monoisotopic (exact) mass is 256 g/mol. The molecule has 0 aromatic heterocycles. The predicted octanol–water partition coefficient (Wildman–Crippen LogP) is 1.92. The van der Waals surface area contributed by atoms with Crippen molar-refractivity contribution < 1.29 is 9.53 Å². The summed E-state index contributed by atoms with van der Waals surface area (Å²) < 4.78 is 5.61. The van der Waals surface area contributed by atoms with Gasteiger partial charge in [0.25, 0.3) is 0 Å². The molecule has 0 aliphatic carbocycles. The Bertz CT molecular complexity index is 246. The van der Waals surface area contributed by atoms with E-state index in [9.17, 15) is 4.79 Å². The molecule has 106 valence electrons. The van der Waals surface area contributed by atoms with Crippen molar-refractivity contribution in [3.8, 4) is 0 Å². The molecule has 2 N–H and O–H groups in total. The van der Waals surface area contributed by atoms with Crippen LogP contribution < -0.4 is 5.73 Å². The lowest BCUT2D eigenvalue weighted by Crippen LogP contribution is -2.51. The molecular weight excluding hydrogens is 228 g/mol. The number of hydrogen-bond acceptors (Lipinski definition) is 3. The molecule has 2 atom stereocenters. The molecule has 0 saturated carbocycles. The number of amides is 1. The van der Waals surface area contributed by atoms with Gasteiger partial charge in [-0.2, -0.15) is 0 Å². The highest BCUT2D eigenvalue weighted by Crippen LogP contribution is 2.16. The van der Waals surface area contributed by atoms with Crippen molar-refractivity contribution in [3.63, 3.8) is 0 Å². The second-order valence-corrected chi connectivity index (χ2v) is 5.21. The molecule has 0 bridgehead atoms. The molecule has 1 aliphatic rings. The second-order valence-electron chi connectivity index (χ2n) is 5.21. The van der Waals surface area contributed by atoms with Crippen LogP contribution in [0.2, 0.25) is 0 Å². The van der Waals surface area contributed by atoms with Gasteiger partial charge >= 0.3 is 0 Å². The van der Waals surface area contributed by atoms with Crippen LogP contribution in [0.4, 0.5) is 0 Å². The van der Waals surface area contributed by atoms with Gasteiger partial charge in [-0.15, -0.1) is 0 Å². The summed E-state index contributed by atoms with van der Waals surface area (Å²) in [6, 6.07) is 0.276. The summed E-state index contributed by atoms with van der Waals surface area (Å²) in [7, 11) is 0. The summed E-state index contributed by atoms with van der Waals surface area (Å²) in [4.78, 5) is 14.2. The maximum absolute atomic E-state index is 12.2. The molecule has 0 aromatic carbocycles. The maximum atomic E-state index is 12.2. The number of carbonyl (C=O) groups excluding carboxylic acids is 1. The molecule has 18 heavy (non-hydrogen) atoms. The Balaban J connectivity index is 2.29. The molecule has 1 rings (SSSR count). The van der Waals surface area contributed by atoms with Crippen LogP contribution >= 0.6 is 0 Å². The van der Waals surface area contributed by atoms with E-state index >= 15 is 0 Å². The molecule has 1 aliphatic heterocycles. The highest BCUT2D eigenvalue weighted by atomic mass is 16.5. The van der Waals surface area contributed by atoms with Gasteiger partial charge in [0.15, 0.2) is 0 Å². The van der Waals surface area contributed by atoms with Crippen molar-refractivity contribution in [2.24, 2.45) is 5.73 Å². The lowest BCUT2D eigenvalue weighted by atomic mass is 10.1. The fraction of sp³-hybridized carbons (Fsp3) is 0.929. The van der Waals surface area contributed by atoms with Crippen LogP contribution in [0.3, 0.4) is 0 Å². The van der Waals surface area contributed by atoms with Crippen molar-refractivity contribution in [1.82, 2.24) is 4.90 Å². The zero-order valence-electron chi connectivity index (χ0n) is 11.9. The normalized spacial score (nSPS) is 24.3. The Morgan fingerprint density at radius 3 is 2.72 bits per heavy atom. The highest BCUT2D eigenvalue weighted by molar-refractivity contribution is 5.76. The summed E-state index contributed by atoms with van der Waals surface area (Å²) in [6.45, 7) is 6.35. The minimum absolute atomic E-state index is 0.175. The maximum Gasteiger partial charge on any atom is 0.222 e. The molecule has 0 radical (unpaired) electrons. The summed E-state index contributed by atoms with van der Waals surface area (Å²) in [6.07, 6.45) is 6.13. The molecule has 2 unspecified atom stereocenters. The first kappa shape index (κ1) is 15.4. The Labute approximate surface area is 111 Å². The fourth-order valence-corrected chi connectivity index (χ4v) is 2.41. The molecule has 1 amide bonds. The standard InChI is InChI=1S/C14H28N2O2/c1-3-13-11-18-12(2)10-16(13)14(17)8-6-4-5-7-9-15/h12-13H,3-11,15H2,1-2H3. The quantitative estimate of drug-likeness (QED) is 0.708. The van der Waals surface area contributed by atoms with Crippen LogP contribution in [0.1, 0.15) is 52.4 Å². The van der Waals surface area contributed by atoms with Crippen LogP contribution in [-0.2, 0) is 9.53 Å². The van der Waals surface area contributed by atoms with Crippen LogP contribution in [0, 0.1) is 0 Å². The number of carbonyl (C=O) groups is 1. The topological polar surface area (TPSA) is 55.6 Å². The van der Waals surface area contributed by atoms with Crippen molar-refractivity contribution in [2.75, 3.05) is 19.7 Å². The molecule has 0 spiro atoms. The van der Waals surface area contributed by atoms with Crippen LogP contribution in [0.15, 0.2) is 0 Å². The van der Waals surface area contributed by atoms with E-state index in [1.54, 1.807) is 0 Å². The van der Waals surface area contributed by atoms with Gasteiger partial charge in [0.1, 0.15) is 0 Å². The molecule has 4 nitrogen and oxygen atoms in total. The van der Waals surface area contributed by atoms with Crippen LogP contribution in [0.5, 0.6) is 0 Å². The van der Waals surface area contributed by atoms with Gasteiger partial charge in [0.2, 0.25) is 5.91 Å². The Morgan fingerprint density at radius 1 is 1.33 bits per heavy atom. The van der Waals surface area contributed by atoms with E-state index in [1.165, 1.54) is 0 Å². The second kappa shape index (κ2) is 8.48. The first-order valence-electron chi connectivity index (χ1n) is 7.30. The smallest absolute Gasteiger partial charge is 0.222 e. The number of unbranched alkanes of at least 4 members (excludes halogenated alkanes) is 3. The third kappa shape index (κ3) is 4.94. The summed E-state index contributed by atoms with van der Waals surface area (Å²) >= 11 is 0. The third-order valence-corrected chi connectivity index (χ3v) is 3.60. The molecular formula is C14H28N2O2. The average Bonchev–Trinajstić information content (AvgIpc) is 2.38. The summed E-state index contributed by atoms with van der Waals surface area (Å²) in [5.74, 6) is 0.296. The first-order valence-corrected chi connectivity index (χ1v) is 7.30. The number of rotatable bonds is 7. The minimum atomic E-state index is 0.175. The van der Waals surface area contributed by atoms with Crippen molar-refractivity contribution >= 4 is 5.91 Å². The van der Waals surface area contributed by atoms with Gasteiger partial charge in [-0.3, -0.25) is 4.79 Å². The van der Waals surface area contributed by atoms with Gasteiger partial charge in [-0.25, -0.2) is 0 Å². The van der Waals surface area contributed by atoms with Crippen molar-refractivity contribution in [3.05, 3.63) is 0 Å². The van der Waals surface area contributed by atoms with Gasteiger partial charge in [-0.1, -0.05) is 19.8 Å². The Kier molecular flexibility index (Phi) is 7.28. The first-order chi connectivity index (χ1) is 8.69. The van der Waals surface area contributed by atoms with E-state index in [4.69, 9.17) is 10.5 Å². The minimum Gasteiger partial charge on any atom is -0.375 e. The molecule has 1 fully saturated rings. The van der Waals surface area contributed by atoms with Gasteiger partial charge in [0, 0.05) is 13.0 Å². The molecule has 1 heterocycles. The van der Waals surface area contributed by atoms with Gasteiger partial charge in [0.05, 0.1) is 18.8 Å². The molecule has 4 heteroatoms. The predicted molar refractivity (Wildman–Crippen MR) is 73.3 cm³/mol. The lowest BCUT2D eigenvalue weighted by Gasteiger charge is -2.38. The number of ether oxygens (including phenoxy) is 1. The van der Waals surface area contributed by atoms with Gasteiger partial charge in [-0.05, 0) is 32.7 Å². The third-order valence-electron chi connectivity index (χ3n) is 3.60. The SMILES string of the molecule is CCC1COC(C)CN1C(=O)CCCCCCN. The van der Waals surface area contributed by atoms with Crippen LogP contribution in [0.25, 0.3) is 0 Å². The number of nitrogens with two attached hydrogens (primary N) is 1. The van der Waals surface area contributed by atoms with E-state index in [0.29, 0.717) is 18.9 Å². The summed E-state index contributed by atoms with van der Waals surface area (Å²) in [5.41, 5.74) is 5.45. The highest BCUT2D eigenvalue weighted by Gasteiger charge is 2.28. The van der Waals surface area contributed by atoms with E-state index in [0.717, 1.165) is 45.2 Å². The van der Waals surface area contributed by atoms with E-state index in [1.807, 2.05) is 11.8 Å². The van der Waals surface area contributed by atoms with Crippen LogP contribution in [-0.4, -0.2) is 42.6 Å². The van der Waals surface area contributed by atoms with E-state index in [2.05, 4.69) is 6.92 Å². The number of nitrogens with zero attached hydrogens (tertiary/aromatic N) is 1. The molecule has 0 aromatic rings. The largest absolute Gasteiger partial charge is 0.375 e. The number of hydrogen-bond donors (Lipinski definition) is 1. The van der Waals surface area contributed by atoms with E-state index in [-0.39, 0.29) is 12.1 Å². The van der Waals surface area contributed by atoms with Gasteiger partial charge < -0.3 is 15.4 Å². The van der Waals surface area contributed by atoms with E-state index < -0.39 is 0 Å². The fourth-order valence-electron chi connectivity index (χ4n) is 2.41. The Morgan fingerprint density at radius 2 is 2.06 bits per heavy atom. The number of morpholine rings is 1. The average molecular weight is 256 g/mol.